The maximum Gasteiger partial charge on any atom is 0.317 e. The molecule has 0 unspecified atom stereocenters. The van der Waals surface area contributed by atoms with Crippen molar-refractivity contribution in [3.8, 4) is 0 Å². The fourth-order valence-electron chi connectivity index (χ4n) is 2.80. The first-order chi connectivity index (χ1) is 11.7. The molecule has 5 nitrogen and oxygen atoms in total. The van der Waals surface area contributed by atoms with Crippen molar-refractivity contribution in [3.63, 3.8) is 0 Å². The smallest absolute Gasteiger partial charge is 0.317 e. The molecule has 1 aromatic heterocycles. The number of carbonyl (C=O) groups excluding carboxylic acids is 1. The Hall–Kier alpha value is -1.92. The molecule has 1 aliphatic rings. The fraction of sp³-hybridized carbons (Fsp3) is 0.444. The number of morpholine rings is 1. The van der Waals surface area contributed by atoms with Crippen LogP contribution in [-0.2, 0) is 17.7 Å². The van der Waals surface area contributed by atoms with Gasteiger partial charge in [0.1, 0.15) is 5.01 Å². The monoisotopic (exact) mass is 345 g/mol. The van der Waals surface area contributed by atoms with Gasteiger partial charge in [0.25, 0.3) is 0 Å². The number of carbonyl (C=O) groups is 1. The summed E-state index contributed by atoms with van der Waals surface area (Å²) in [6.07, 6.45) is 3.84. The zero-order valence-corrected chi connectivity index (χ0v) is 14.7. The number of amides is 2. The minimum atomic E-state index is -0.0316. The van der Waals surface area contributed by atoms with Gasteiger partial charge in [0.15, 0.2) is 0 Å². The van der Waals surface area contributed by atoms with Crippen LogP contribution in [0.15, 0.2) is 36.5 Å². The summed E-state index contributed by atoms with van der Waals surface area (Å²) in [6, 6.07) is 10.4. The van der Waals surface area contributed by atoms with Gasteiger partial charge in [-0.25, -0.2) is 9.78 Å². The number of urea groups is 1. The maximum atomic E-state index is 12.3. The number of thiazole rings is 1. The van der Waals surface area contributed by atoms with Crippen LogP contribution in [0.4, 0.5) is 4.79 Å². The summed E-state index contributed by atoms with van der Waals surface area (Å²) < 4.78 is 5.81. The van der Waals surface area contributed by atoms with Gasteiger partial charge in [-0.3, -0.25) is 0 Å². The van der Waals surface area contributed by atoms with Gasteiger partial charge in [-0.2, -0.15) is 0 Å². The summed E-state index contributed by atoms with van der Waals surface area (Å²) in [5.74, 6) is 0. The second-order valence-electron chi connectivity index (χ2n) is 5.99. The largest absolute Gasteiger partial charge is 0.375 e. The van der Waals surface area contributed by atoms with Crippen molar-refractivity contribution in [2.75, 3.05) is 19.7 Å². The number of aromatic nitrogens is 1. The molecule has 2 aromatic rings. The van der Waals surface area contributed by atoms with E-state index >= 15 is 0 Å². The van der Waals surface area contributed by atoms with Crippen LogP contribution in [0.1, 0.15) is 21.9 Å². The van der Waals surface area contributed by atoms with Crippen LogP contribution < -0.4 is 5.32 Å². The van der Waals surface area contributed by atoms with Crippen molar-refractivity contribution >= 4 is 17.4 Å². The van der Waals surface area contributed by atoms with Crippen molar-refractivity contribution in [2.24, 2.45) is 0 Å². The van der Waals surface area contributed by atoms with Gasteiger partial charge in [-0.15, -0.1) is 11.3 Å². The molecule has 1 aromatic carbocycles. The number of nitrogens with zero attached hydrogens (tertiary/aromatic N) is 2. The number of hydrogen-bond acceptors (Lipinski definition) is 4. The van der Waals surface area contributed by atoms with E-state index in [4.69, 9.17) is 4.74 Å². The summed E-state index contributed by atoms with van der Waals surface area (Å²) >= 11 is 1.61. The molecule has 1 atom stereocenters. The molecule has 3 rings (SSSR count). The highest BCUT2D eigenvalue weighted by molar-refractivity contribution is 7.11. The highest BCUT2D eigenvalue weighted by Crippen LogP contribution is 2.14. The van der Waals surface area contributed by atoms with Gasteiger partial charge >= 0.3 is 6.03 Å². The molecule has 0 aliphatic carbocycles. The first-order valence-corrected chi connectivity index (χ1v) is 9.12. The molecular formula is C18H23N3O2S. The Balaban J connectivity index is 1.45. The molecule has 1 N–H and O–H groups in total. The van der Waals surface area contributed by atoms with E-state index in [1.165, 1.54) is 5.56 Å². The normalized spacial score (nSPS) is 17.7. The number of ether oxygens (including phenoxy) is 1. The van der Waals surface area contributed by atoms with E-state index in [0.29, 0.717) is 26.2 Å². The predicted molar refractivity (Wildman–Crippen MR) is 95.2 cm³/mol. The maximum absolute atomic E-state index is 12.3. The molecular weight excluding hydrogens is 322 g/mol. The van der Waals surface area contributed by atoms with Crippen LogP contribution >= 0.6 is 11.3 Å². The van der Waals surface area contributed by atoms with E-state index in [9.17, 15) is 4.79 Å². The third-order valence-corrected chi connectivity index (χ3v) is 5.00. The quantitative estimate of drug-likeness (QED) is 0.906. The minimum absolute atomic E-state index is 0.0316. The molecule has 128 valence electrons. The van der Waals surface area contributed by atoms with Crippen molar-refractivity contribution < 1.29 is 9.53 Å². The van der Waals surface area contributed by atoms with Gasteiger partial charge in [-0.05, 0) is 25.3 Å². The van der Waals surface area contributed by atoms with E-state index in [-0.39, 0.29) is 12.1 Å². The highest BCUT2D eigenvalue weighted by atomic mass is 32.1. The van der Waals surface area contributed by atoms with E-state index in [0.717, 1.165) is 22.7 Å². The van der Waals surface area contributed by atoms with E-state index in [1.807, 2.05) is 24.1 Å². The molecule has 0 saturated carbocycles. The molecule has 24 heavy (non-hydrogen) atoms. The summed E-state index contributed by atoms with van der Waals surface area (Å²) in [5, 5.41) is 3.90. The highest BCUT2D eigenvalue weighted by Gasteiger charge is 2.24. The lowest BCUT2D eigenvalue weighted by Gasteiger charge is -2.33. The third kappa shape index (κ3) is 4.79. The van der Waals surface area contributed by atoms with Crippen LogP contribution in [0, 0.1) is 6.92 Å². The fourth-order valence-corrected chi connectivity index (χ4v) is 3.52. The number of hydrogen-bond donors (Lipinski definition) is 1. The van der Waals surface area contributed by atoms with Crippen LogP contribution in [0.2, 0.25) is 0 Å². The van der Waals surface area contributed by atoms with Crippen molar-refractivity contribution in [2.45, 2.75) is 32.4 Å². The lowest BCUT2D eigenvalue weighted by Crippen LogP contribution is -2.49. The van der Waals surface area contributed by atoms with Gasteiger partial charge in [-0.1, -0.05) is 30.3 Å². The molecule has 1 aliphatic heterocycles. The van der Waals surface area contributed by atoms with Crippen molar-refractivity contribution in [1.29, 1.82) is 0 Å². The second kappa shape index (κ2) is 8.26. The molecule has 6 heteroatoms. The van der Waals surface area contributed by atoms with Gasteiger partial charge in [0.05, 0.1) is 19.3 Å². The Morgan fingerprint density at radius 2 is 2.25 bits per heavy atom. The second-order valence-corrected chi connectivity index (χ2v) is 7.31. The SMILES string of the molecule is Cc1cnc(CNC(=O)N2CCO[C@H](CCc3ccccc3)C2)s1. The zero-order chi connectivity index (χ0) is 16.8. The summed E-state index contributed by atoms with van der Waals surface area (Å²) in [6.45, 7) is 4.40. The van der Waals surface area contributed by atoms with Crippen molar-refractivity contribution in [1.82, 2.24) is 15.2 Å². The van der Waals surface area contributed by atoms with E-state index in [2.05, 4.69) is 34.6 Å². The molecule has 2 amide bonds. The zero-order valence-electron chi connectivity index (χ0n) is 13.9. The average molecular weight is 345 g/mol. The Kier molecular flexibility index (Phi) is 5.82. The summed E-state index contributed by atoms with van der Waals surface area (Å²) in [5.41, 5.74) is 1.31. The third-order valence-electron chi connectivity index (χ3n) is 4.08. The first kappa shape index (κ1) is 16.9. The Morgan fingerprint density at radius 1 is 1.42 bits per heavy atom. The summed E-state index contributed by atoms with van der Waals surface area (Å²) in [7, 11) is 0. The standard InChI is InChI=1S/C18H23N3O2S/c1-14-11-19-17(24-14)12-20-18(22)21-9-10-23-16(13-21)8-7-15-5-3-2-4-6-15/h2-6,11,16H,7-10,12-13H2,1H3,(H,20,22)/t16-/m1/s1. The van der Waals surface area contributed by atoms with Crippen LogP contribution in [0.5, 0.6) is 0 Å². The summed E-state index contributed by atoms with van der Waals surface area (Å²) in [4.78, 5) is 19.6. The minimum Gasteiger partial charge on any atom is -0.375 e. The average Bonchev–Trinajstić information content (AvgIpc) is 3.04. The Bertz CT molecular complexity index is 659. The first-order valence-electron chi connectivity index (χ1n) is 8.30. The Morgan fingerprint density at radius 3 is 3.00 bits per heavy atom. The number of aryl methyl sites for hydroxylation is 2. The van der Waals surface area contributed by atoms with E-state index < -0.39 is 0 Å². The molecule has 1 saturated heterocycles. The topological polar surface area (TPSA) is 54.5 Å². The van der Waals surface area contributed by atoms with E-state index in [1.54, 1.807) is 11.3 Å². The van der Waals surface area contributed by atoms with Gasteiger partial charge in [0.2, 0.25) is 0 Å². The molecule has 0 spiro atoms. The van der Waals surface area contributed by atoms with Gasteiger partial charge in [0, 0.05) is 24.2 Å². The molecule has 0 radical (unpaired) electrons. The van der Waals surface area contributed by atoms with Crippen LogP contribution in [-0.4, -0.2) is 41.7 Å². The number of nitrogens with one attached hydrogen (secondary N) is 1. The van der Waals surface area contributed by atoms with Crippen molar-refractivity contribution in [3.05, 3.63) is 52.0 Å². The Labute approximate surface area is 146 Å². The predicted octanol–water partition coefficient (Wildman–Crippen LogP) is 2.99. The lowest BCUT2D eigenvalue weighted by atomic mass is 10.1. The lowest BCUT2D eigenvalue weighted by molar-refractivity contribution is -0.0176. The molecule has 0 bridgehead atoms. The van der Waals surface area contributed by atoms with Crippen LogP contribution in [0.25, 0.3) is 0 Å². The number of benzene rings is 1. The molecule has 1 fully saturated rings. The molecule has 2 heterocycles. The van der Waals surface area contributed by atoms with Crippen LogP contribution in [0.3, 0.4) is 0 Å². The number of rotatable bonds is 5. The van der Waals surface area contributed by atoms with Gasteiger partial charge < -0.3 is 15.0 Å².